The van der Waals surface area contributed by atoms with E-state index in [0.717, 1.165) is 37.6 Å². The van der Waals surface area contributed by atoms with Crippen LogP contribution in [-0.2, 0) is 14.4 Å². The van der Waals surface area contributed by atoms with Crippen LogP contribution in [0.5, 0.6) is 5.75 Å². The number of carbonyl (C=O) groups excluding carboxylic acids is 3. The van der Waals surface area contributed by atoms with Crippen molar-refractivity contribution in [2.24, 2.45) is 29.6 Å². The Morgan fingerprint density at radius 2 is 1.69 bits per heavy atom. The molecule has 2 bridgehead atoms. The van der Waals surface area contributed by atoms with Gasteiger partial charge in [-0.1, -0.05) is 53.3 Å². The van der Waals surface area contributed by atoms with Gasteiger partial charge in [0.2, 0.25) is 11.8 Å². The summed E-state index contributed by atoms with van der Waals surface area (Å²) in [6, 6.07) is 24.3. The highest BCUT2D eigenvalue weighted by Gasteiger charge is 2.69. The summed E-state index contributed by atoms with van der Waals surface area (Å²) in [7, 11) is 0. The Labute approximate surface area is 292 Å². The van der Waals surface area contributed by atoms with E-state index in [-0.39, 0.29) is 58.1 Å². The molecular formula is C37H27ClFN3O5S2. The Morgan fingerprint density at radius 3 is 2.49 bits per heavy atom. The number of carbonyl (C=O) groups is 3. The number of imide groups is 1. The first-order valence-corrected chi connectivity index (χ1v) is 18.1. The smallest absolute Gasteiger partial charge is 0.305 e. The van der Waals surface area contributed by atoms with E-state index in [4.69, 9.17) is 16.3 Å². The summed E-state index contributed by atoms with van der Waals surface area (Å²) in [6.45, 7) is -0.260. The SMILES string of the molecule is O=C(COc1ccc(Cl)cc1[C@H]1c2sc(=O)[nH]c2SC2C1[C@H]1C[C@@H]2C2C(=O)N(c3ccc(F)cc3)C(=O)C21)Nc1ccc2ccccc2c1. The second kappa shape index (κ2) is 11.6. The predicted molar refractivity (Wildman–Crippen MR) is 187 cm³/mol. The zero-order chi connectivity index (χ0) is 33.6. The van der Waals surface area contributed by atoms with Gasteiger partial charge < -0.3 is 15.0 Å². The first-order chi connectivity index (χ1) is 23.7. The Hall–Kier alpha value is -4.45. The third-order valence-electron chi connectivity index (χ3n) is 10.5. The standard InChI is InChI=1S/C37H27ClFN3O5S2/c38-19-6-12-26(47-16-27(43)40-21-9-5-17-3-1-2-4-18(17)13-21)23(14-19)28-29-24-15-25(32(29)48-34-33(28)49-37(46)41-34)31-30(24)35(44)42(36(31)45)22-10-7-20(39)8-11-22/h1-14,24-25,28-32H,15-16H2,(H,40,43)(H,41,46)/t24-,25-,28-,29?,30?,31?,32?/m1/s1. The maximum absolute atomic E-state index is 14.0. The number of ether oxygens (including phenoxy) is 1. The number of nitrogens with one attached hydrogen (secondary N) is 2. The van der Waals surface area contributed by atoms with Crippen LogP contribution < -0.4 is 19.8 Å². The molecule has 4 aliphatic rings. The fourth-order valence-electron chi connectivity index (χ4n) is 8.71. The van der Waals surface area contributed by atoms with Gasteiger partial charge in [0.05, 0.1) is 22.5 Å². The lowest BCUT2D eigenvalue weighted by atomic mass is 9.68. The number of benzene rings is 4. The summed E-state index contributed by atoms with van der Waals surface area (Å²) in [5.41, 5.74) is 1.75. The maximum atomic E-state index is 14.0. The molecule has 4 aromatic carbocycles. The van der Waals surface area contributed by atoms with Crippen LogP contribution in [0.2, 0.25) is 5.02 Å². The number of anilines is 2. The van der Waals surface area contributed by atoms with Crippen molar-refractivity contribution in [3.63, 3.8) is 0 Å². The Kier molecular flexibility index (Phi) is 7.22. The molecule has 2 aliphatic heterocycles. The average Bonchev–Trinajstić information content (AvgIpc) is 3.83. The van der Waals surface area contributed by atoms with Gasteiger partial charge in [-0.2, -0.15) is 0 Å². The summed E-state index contributed by atoms with van der Waals surface area (Å²) in [4.78, 5) is 58.7. The first-order valence-electron chi connectivity index (χ1n) is 16.0. The minimum atomic E-state index is -0.527. The number of H-pyrrole nitrogens is 1. The number of hydrogen-bond acceptors (Lipinski definition) is 7. The Balaban J connectivity index is 1.04. The van der Waals surface area contributed by atoms with Crippen LogP contribution in [0.3, 0.4) is 0 Å². The number of aromatic nitrogens is 1. The molecule has 3 heterocycles. The quantitative estimate of drug-likeness (QED) is 0.182. The highest BCUT2D eigenvalue weighted by Crippen LogP contribution is 2.69. The highest BCUT2D eigenvalue weighted by atomic mass is 35.5. The van der Waals surface area contributed by atoms with Gasteiger partial charge in [-0.05, 0) is 89.5 Å². The molecule has 2 N–H and O–H groups in total. The highest BCUT2D eigenvalue weighted by molar-refractivity contribution is 8.00. The van der Waals surface area contributed by atoms with Crippen molar-refractivity contribution in [3.05, 3.63) is 116 Å². The van der Waals surface area contributed by atoms with E-state index in [0.29, 0.717) is 28.6 Å². The second-order valence-electron chi connectivity index (χ2n) is 13.0. The van der Waals surface area contributed by atoms with E-state index in [9.17, 15) is 23.6 Å². The molecule has 5 aromatic rings. The third-order valence-corrected chi connectivity index (χ3v) is 13.3. The minimum absolute atomic E-state index is 0.0537. The van der Waals surface area contributed by atoms with Crippen LogP contribution in [0.4, 0.5) is 15.8 Å². The number of rotatable bonds is 6. The van der Waals surface area contributed by atoms with Crippen molar-refractivity contribution in [2.75, 3.05) is 16.8 Å². The van der Waals surface area contributed by atoms with Crippen molar-refractivity contribution >= 4 is 74.6 Å². The number of fused-ring (bicyclic) bond motifs is 10. The molecule has 0 spiro atoms. The zero-order valence-corrected chi connectivity index (χ0v) is 28.0. The molecule has 12 heteroatoms. The number of aromatic amines is 1. The van der Waals surface area contributed by atoms with Gasteiger partial charge >= 0.3 is 4.87 Å². The van der Waals surface area contributed by atoms with Gasteiger partial charge in [0.15, 0.2) is 6.61 Å². The van der Waals surface area contributed by atoms with Crippen molar-refractivity contribution in [2.45, 2.75) is 22.6 Å². The number of thioether (sulfide) groups is 1. The van der Waals surface area contributed by atoms with Gasteiger partial charge in [0.1, 0.15) is 11.6 Å². The molecule has 246 valence electrons. The first kappa shape index (κ1) is 30.6. The molecule has 8 nitrogen and oxygen atoms in total. The fourth-order valence-corrected chi connectivity index (χ4v) is 11.8. The lowest BCUT2D eigenvalue weighted by Gasteiger charge is -2.43. The van der Waals surface area contributed by atoms with Gasteiger partial charge in [-0.15, -0.1) is 11.8 Å². The van der Waals surface area contributed by atoms with Gasteiger partial charge in [-0.25, -0.2) is 4.39 Å². The number of nitrogens with zero attached hydrogens (tertiary/aromatic N) is 1. The van der Waals surface area contributed by atoms with Crippen molar-refractivity contribution in [1.29, 1.82) is 0 Å². The van der Waals surface area contributed by atoms with Gasteiger partial charge in [0.25, 0.3) is 5.91 Å². The van der Waals surface area contributed by atoms with Crippen LogP contribution in [0.1, 0.15) is 22.8 Å². The molecule has 0 radical (unpaired) electrons. The van der Waals surface area contributed by atoms with Crippen LogP contribution in [0.25, 0.3) is 10.8 Å². The molecule has 2 aliphatic carbocycles. The summed E-state index contributed by atoms with van der Waals surface area (Å²) < 4.78 is 19.9. The van der Waals surface area contributed by atoms with Crippen molar-refractivity contribution in [1.82, 2.24) is 4.98 Å². The van der Waals surface area contributed by atoms with Crippen LogP contribution >= 0.6 is 34.7 Å². The van der Waals surface area contributed by atoms with E-state index in [2.05, 4.69) is 10.3 Å². The van der Waals surface area contributed by atoms with E-state index in [1.165, 1.54) is 29.2 Å². The average molecular weight is 712 g/mol. The molecule has 9 rings (SSSR count). The summed E-state index contributed by atoms with van der Waals surface area (Å²) >= 11 is 9.30. The molecule has 3 amide bonds. The number of thiazole rings is 1. The van der Waals surface area contributed by atoms with Crippen LogP contribution in [0, 0.1) is 35.4 Å². The number of halogens is 2. The number of amides is 3. The lowest BCUT2D eigenvalue weighted by Crippen LogP contribution is -2.42. The van der Waals surface area contributed by atoms with Crippen LogP contribution in [0.15, 0.2) is 94.7 Å². The maximum Gasteiger partial charge on any atom is 0.305 e. The summed E-state index contributed by atoms with van der Waals surface area (Å²) in [6.07, 6.45) is 0.701. The van der Waals surface area contributed by atoms with E-state index < -0.39 is 17.7 Å². The molecule has 49 heavy (non-hydrogen) atoms. The number of hydrogen-bond donors (Lipinski definition) is 2. The van der Waals surface area contributed by atoms with Gasteiger partial charge in [-0.3, -0.25) is 24.1 Å². The van der Waals surface area contributed by atoms with Crippen LogP contribution in [-0.4, -0.2) is 34.6 Å². The molecule has 1 aromatic heterocycles. The molecule has 3 fully saturated rings. The largest absolute Gasteiger partial charge is 0.483 e. The Morgan fingerprint density at radius 1 is 0.939 bits per heavy atom. The molecule has 4 unspecified atom stereocenters. The molecule has 1 saturated heterocycles. The summed E-state index contributed by atoms with van der Waals surface area (Å²) in [5.74, 6) is -2.56. The van der Waals surface area contributed by atoms with Crippen molar-refractivity contribution < 1.29 is 23.5 Å². The van der Waals surface area contributed by atoms with Crippen molar-refractivity contribution in [3.8, 4) is 5.75 Å². The normalized spacial score (nSPS) is 26.5. The third kappa shape index (κ3) is 4.93. The molecule has 7 atom stereocenters. The van der Waals surface area contributed by atoms with E-state index in [1.54, 1.807) is 23.9 Å². The topological polar surface area (TPSA) is 109 Å². The van der Waals surface area contributed by atoms with E-state index in [1.807, 2.05) is 48.5 Å². The summed E-state index contributed by atoms with van der Waals surface area (Å²) in [5, 5.41) is 6.15. The monoisotopic (exact) mass is 711 g/mol. The molecular weight excluding hydrogens is 685 g/mol. The second-order valence-corrected chi connectivity index (χ2v) is 15.7. The Bertz CT molecular complexity index is 2260. The minimum Gasteiger partial charge on any atom is -0.483 e. The van der Waals surface area contributed by atoms with Gasteiger partial charge in [0, 0.05) is 32.3 Å². The van der Waals surface area contributed by atoms with E-state index >= 15 is 0 Å². The predicted octanol–water partition coefficient (Wildman–Crippen LogP) is 7.08. The fraction of sp³-hybridized carbons (Fsp3) is 0.243. The molecule has 2 saturated carbocycles. The lowest BCUT2D eigenvalue weighted by molar-refractivity contribution is -0.123. The zero-order valence-electron chi connectivity index (χ0n) is 25.6.